The van der Waals surface area contributed by atoms with Gasteiger partial charge in [-0.3, -0.25) is 0 Å². The van der Waals surface area contributed by atoms with Crippen LogP contribution in [0.3, 0.4) is 0 Å². The molecule has 0 aromatic heterocycles. The Bertz CT molecular complexity index is 350. The number of hydrogen-bond donors (Lipinski definition) is 2. The van der Waals surface area contributed by atoms with Crippen LogP contribution in [0.25, 0.3) is 0 Å². The molecule has 15 heavy (non-hydrogen) atoms. The highest BCUT2D eigenvalue weighted by Gasteiger charge is 2.30. The van der Waals surface area contributed by atoms with E-state index in [9.17, 15) is 13.2 Å². The third-order valence-electron chi connectivity index (χ3n) is 1.36. The first-order chi connectivity index (χ1) is 6.87. The second-order valence-electron chi connectivity index (χ2n) is 2.56. The molecule has 7 heteroatoms. The fourth-order valence-electron chi connectivity index (χ4n) is 0.882. The minimum atomic E-state index is -4.68. The van der Waals surface area contributed by atoms with Crippen molar-refractivity contribution in [2.24, 2.45) is 5.73 Å². The fourth-order valence-corrected chi connectivity index (χ4v) is 1.00. The average molecular weight is 236 g/mol. The van der Waals surface area contributed by atoms with E-state index in [2.05, 4.69) is 22.3 Å². The Hall–Kier alpha value is -1.50. The summed E-state index contributed by atoms with van der Waals surface area (Å²) < 4.78 is 39.0. The highest BCUT2D eigenvalue weighted by molar-refractivity contribution is 7.80. The number of nitrogens with one attached hydrogen (secondary N) is 1. The summed E-state index contributed by atoms with van der Waals surface area (Å²) >= 11 is 4.55. The molecule has 82 valence electrons. The van der Waals surface area contributed by atoms with Crippen LogP contribution < -0.4 is 15.8 Å². The Morgan fingerprint density at radius 1 is 1.27 bits per heavy atom. The Balaban J connectivity index is 2.68. The van der Waals surface area contributed by atoms with Crippen LogP contribution in [-0.4, -0.2) is 11.5 Å². The maximum Gasteiger partial charge on any atom is 0.573 e. The number of thiocarbonyl (C=S) groups is 1. The van der Waals surface area contributed by atoms with Gasteiger partial charge in [0.25, 0.3) is 0 Å². The number of hydrogen-bond acceptors (Lipinski definition) is 2. The zero-order valence-corrected chi connectivity index (χ0v) is 8.15. The Morgan fingerprint density at radius 2 is 1.80 bits per heavy atom. The molecule has 1 aromatic carbocycles. The number of anilines is 1. The van der Waals surface area contributed by atoms with Crippen molar-refractivity contribution in [2.45, 2.75) is 6.36 Å². The Kier molecular flexibility index (Phi) is 3.35. The molecule has 0 aliphatic carbocycles. The van der Waals surface area contributed by atoms with Crippen molar-refractivity contribution in [1.82, 2.24) is 0 Å². The second kappa shape index (κ2) is 4.35. The Morgan fingerprint density at radius 3 is 2.20 bits per heavy atom. The van der Waals surface area contributed by atoms with Crippen LogP contribution in [-0.2, 0) is 0 Å². The minimum absolute atomic E-state index is 0.0412. The number of halogens is 3. The molecular weight excluding hydrogens is 229 g/mol. The highest BCUT2D eigenvalue weighted by atomic mass is 32.1. The fraction of sp³-hybridized carbons (Fsp3) is 0.125. The lowest BCUT2D eigenvalue weighted by atomic mass is 10.3. The molecule has 0 radical (unpaired) electrons. The van der Waals surface area contributed by atoms with Gasteiger partial charge in [0.05, 0.1) is 0 Å². The van der Waals surface area contributed by atoms with Crippen molar-refractivity contribution in [3.63, 3.8) is 0 Å². The zero-order valence-electron chi connectivity index (χ0n) is 7.34. The van der Waals surface area contributed by atoms with Crippen LogP contribution in [0, 0.1) is 0 Å². The smallest absolute Gasteiger partial charge is 0.406 e. The van der Waals surface area contributed by atoms with Gasteiger partial charge in [-0.15, -0.1) is 13.2 Å². The molecule has 1 aromatic rings. The third kappa shape index (κ3) is 4.50. The topological polar surface area (TPSA) is 47.3 Å². The summed E-state index contributed by atoms with van der Waals surface area (Å²) in [7, 11) is 0. The monoisotopic (exact) mass is 236 g/mol. The van der Waals surface area contributed by atoms with Crippen LogP contribution in [0.5, 0.6) is 5.75 Å². The lowest BCUT2D eigenvalue weighted by Gasteiger charge is -2.09. The van der Waals surface area contributed by atoms with E-state index in [1.165, 1.54) is 12.1 Å². The van der Waals surface area contributed by atoms with E-state index in [0.717, 1.165) is 12.1 Å². The predicted molar refractivity (Wildman–Crippen MR) is 53.5 cm³/mol. The molecule has 0 amide bonds. The van der Waals surface area contributed by atoms with Crippen LogP contribution >= 0.6 is 12.2 Å². The molecule has 3 N–H and O–H groups in total. The molecular formula is C8H7F3N2OS. The number of nitrogens with two attached hydrogens (primary N) is 1. The quantitative estimate of drug-likeness (QED) is 0.773. The third-order valence-corrected chi connectivity index (χ3v) is 1.46. The maximum absolute atomic E-state index is 11.8. The Labute approximate surface area is 89.0 Å². The normalized spacial score (nSPS) is 10.9. The van der Waals surface area contributed by atoms with Gasteiger partial charge in [0.2, 0.25) is 0 Å². The van der Waals surface area contributed by atoms with Crippen LogP contribution in [0.2, 0.25) is 0 Å². The SMILES string of the molecule is NC(=S)Nc1ccc(OC(F)(F)F)cc1. The van der Waals surface area contributed by atoms with E-state index in [4.69, 9.17) is 5.73 Å². The second-order valence-corrected chi connectivity index (χ2v) is 3.00. The molecule has 0 spiro atoms. The van der Waals surface area contributed by atoms with Gasteiger partial charge in [0.1, 0.15) is 5.75 Å². The standard InChI is InChI=1S/C8H7F3N2OS/c9-8(10,11)14-6-3-1-5(2-4-6)13-7(12)15/h1-4H,(H3,12,13,15). The summed E-state index contributed by atoms with van der Waals surface area (Å²) in [6.07, 6.45) is -4.68. The van der Waals surface area contributed by atoms with Gasteiger partial charge in [0, 0.05) is 5.69 Å². The van der Waals surface area contributed by atoms with Gasteiger partial charge >= 0.3 is 6.36 Å². The van der Waals surface area contributed by atoms with E-state index < -0.39 is 6.36 Å². The predicted octanol–water partition coefficient (Wildman–Crippen LogP) is 2.24. The molecule has 0 atom stereocenters. The number of ether oxygens (including phenoxy) is 1. The highest BCUT2D eigenvalue weighted by Crippen LogP contribution is 2.23. The summed E-state index contributed by atoms with van der Waals surface area (Å²) in [6, 6.07) is 5.07. The van der Waals surface area contributed by atoms with Crippen molar-refractivity contribution in [1.29, 1.82) is 0 Å². The van der Waals surface area contributed by atoms with Crippen molar-refractivity contribution in [3.05, 3.63) is 24.3 Å². The first kappa shape index (κ1) is 11.6. The number of alkyl halides is 3. The molecule has 0 saturated heterocycles. The van der Waals surface area contributed by atoms with Gasteiger partial charge in [-0.2, -0.15) is 0 Å². The van der Waals surface area contributed by atoms with E-state index >= 15 is 0 Å². The van der Waals surface area contributed by atoms with Crippen molar-refractivity contribution >= 4 is 23.0 Å². The number of benzene rings is 1. The van der Waals surface area contributed by atoms with Crippen LogP contribution in [0.1, 0.15) is 0 Å². The van der Waals surface area contributed by atoms with Crippen molar-refractivity contribution < 1.29 is 17.9 Å². The summed E-state index contributed by atoms with van der Waals surface area (Å²) in [5.74, 6) is -0.295. The van der Waals surface area contributed by atoms with Gasteiger partial charge in [-0.05, 0) is 36.5 Å². The molecule has 0 saturated carbocycles. The molecule has 0 bridgehead atoms. The largest absolute Gasteiger partial charge is 0.573 e. The summed E-state index contributed by atoms with van der Waals surface area (Å²) in [5.41, 5.74) is 5.67. The first-order valence-electron chi connectivity index (χ1n) is 3.79. The summed E-state index contributed by atoms with van der Waals surface area (Å²) in [4.78, 5) is 0. The first-order valence-corrected chi connectivity index (χ1v) is 4.20. The van der Waals surface area contributed by atoms with Gasteiger partial charge in [-0.25, -0.2) is 0 Å². The summed E-state index contributed by atoms with van der Waals surface area (Å²) in [6.45, 7) is 0. The molecule has 1 rings (SSSR count). The lowest BCUT2D eigenvalue weighted by Crippen LogP contribution is -2.19. The maximum atomic E-state index is 11.8. The van der Waals surface area contributed by atoms with Crippen molar-refractivity contribution in [3.8, 4) is 5.75 Å². The number of rotatable bonds is 2. The molecule has 0 aliphatic heterocycles. The summed E-state index contributed by atoms with van der Waals surface area (Å²) in [5, 5.41) is 2.61. The zero-order chi connectivity index (χ0) is 11.5. The molecule has 0 heterocycles. The molecule has 0 fully saturated rings. The lowest BCUT2D eigenvalue weighted by molar-refractivity contribution is -0.274. The van der Waals surface area contributed by atoms with Gasteiger partial charge in [-0.1, -0.05) is 0 Å². The van der Waals surface area contributed by atoms with E-state index in [-0.39, 0.29) is 10.9 Å². The van der Waals surface area contributed by atoms with Gasteiger partial charge < -0.3 is 15.8 Å². The van der Waals surface area contributed by atoms with Gasteiger partial charge in [0.15, 0.2) is 5.11 Å². The molecule has 0 unspecified atom stereocenters. The van der Waals surface area contributed by atoms with Crippen molar-refractivity contribution in [2.75, 3.05) is 5.32 Å². The molecule has 3 nitrogen and oxygen atoms in total. The van der Waals surface area contributed by atoms with Crippen LogP contribution in [0.15, 0.2) is 24.3 Å². The average Bonchev–Trinajstić information content (AvgIpc) is 2.05. The van der Waals surface area contributed by atoms with E-state index in [0.29, 0.717) is 5.69 Å². The minimum Gasteiger partial charge on any atom is -0.406 e. The van der Waals surface area contributed by atoms with E-state index in [1.807, 2.05) is 0 Å². The van der Waals surface area contributed by atoms with Crippen LogP contribution in [0.4, 0.5) is 18.9 Å². The van der Waals surface area contributed by atoms with E-state index in [1.54, 1.807) is 0 Å². The molecule has 0 aliphatic rings.